The van der Waals surface area contributed by atoms with Crippen LogP contribution < -0.4 is 9.62 Å². The van der Waals surface area contributed by atoms with Crippen LogP contribution in [0.25, 0.3) is 0 Å². The van der Waals surface area contributed by atoms with Gasteiger partial charge in [0.1, 0.15) is 6.04 Å². The van der Waals surface area contributed by atoms with Crippen molar-refractivity contribution in [3.63, 3.8) is 0 Å². The molecule has 0 aliphatic heterocycles. The Balaban J connectivity index is 2.24. The van der Waals surface area contributed by atoms with E-state index in [9.17, 15) is 31.2 Å². The quantitative estimate of drug-likeness (QED) is 0.314. The summed E-state index contributed by atoms with van der Waals surface area (Å²) in [7, 11) is -3.92. The fraction of sp³-hybridized carbons (Fsp3) is 0.500. The first-order valence-corrected chi connectivity index (χ1v) is 14.9. The Morgan fingerprint density at radius 3 is 2.31 bits per heavy atom. The molecule has 0 bridgehead atoms. The summed E-state index contributed by atoms with van der Waals surface area (Å²) < 4.78 is 65.4. The van der Waals surface area contributed by atoms with Gasteiger partial charge < -0.3 is 10.2 Å². The van der Waals surface area contributed by atoms with E-state index in [1.807, 2.05) is 45.0 Å². The molecule has 216 valence electrons. The second-order valence-electron chi connectivity index (χ2n) is 9.57. The van der Waals surface area contributed by atoms with Crippen LogP contribution in [0.15, 0.2) is 48.5 Å². The van der Waals surface area contributed by atoms with Crippen molar-refractivity contribution < 1.29 is 31.2 Å². The molecule has 0 radical (unpaired) electrons. The molecule has 2 amide bonds. The predicted octanol–water partition coefficient (Wildman–Crippen LogP) is 5.28. The third-order valence-electron chi connectivity index (χ3n) is 6.26. The van der Waals surface area contributed by atoms with Crippen LogP contribution in [-0.4, -0.2) is 50.5 Å². The monoisotopic (exact) mass is 569 g/mol. The van der Waals surface area contributed by atoms with Crippen LogP contribution in [0.2, 0.25) is 0 Å². The number of halogens is 3. The molecule has 0 heterocycles. The maximum Gasteiger partial charge on any atom is 0.416 e. The van der Waals surface area contributed by atoms with E-state index in [2.05, 4.69) is 5.32 Å². The van der Waals surface area contributed by atoms with Crippen molar-refractivity contribution in [3.05, 3.63) is 65.2 Å². The minimum absolute atomic E-state index is 0.0559. The molecular formula is C28H38F3N3O4S. The maximum absolute atomic E-state index is 13.4. The number of anilines is 1. The summed E-state index contributed by atoms with van der Waals surface area (Å²) in [5, 5.41) is 2.89. The molecular weight excluding hydrogens is 531 g/mol. The zero-order valence-electron chi connectivity index (χ0n) is 22.9. The second kappa shape index (κ2) is 14.3. The number of benzene rings is 2. The molecule has 0 saturated heterocycles. The molecule has 11 heteroatoms. The summed E-state index contributed by atoms with van der Waals surface area (Å²) in [6.45, 7) is 6.26. The Labute approximate surface area is 229 Å². The molecule has 0 fully saturated rings. The highest BCUT2D eigenvalue weighted by Crippen LogP contribution is 2.32. The van der Waals surface area contributed by atoms with Gasteiger partial charge in [-0.1, -0.05) is 56.2 Å². The van der Waals surface area contributed by atoms with Crippen LogP contribution in [0.4, 0.5) is 18.9 Å². The lowest BCUT2D eigenvalue weighted by molar-refractivity contribution is -0.141. The number of hydrogen-bond donors (Lipinski definition) is 1. The first-order chi connectivity index (χ1) is 18.3. The third kappa shape index (κ3) is 9.87. The highest BCUT2D eigenvalue weighted by atomic mass is 32.2. The first kappa shape index (κ1) is 32.1. The number of aryl methyl sites for hydroxylation is 1. The average Bonchev–Trinajstić information content (AvgIpc) is 2.85. The van der Waals surface area contributed by atoms with Gasteiger partial charge in [-0.05, 0) is 49.9 Å². The smallest absolute Gasteiger partial charge is 0.354 e. The second-order valence-corrected chi connectivity index (χ2v) is 11.5. The van der Waals surface area contributed by atoms with Crippen molar-refractivity contribution in [3.8, 4) is 0 Å². The van der Waals surface area contributed by atoms with E-state index >= 15 is 0 Å². The summed E-state index contributed by atoms with van der Waals surface area (Å²) >= 11 is 0. The van der Waals surface area contributed by atoms with Crippen molar-refractivity contribution in [1.82, 2.24) is 10.2 Å². The van der Waals surface area contributed by atoms with Crippen LogP contribution in [-0.2, 0) is 32.3 Å². The molecule has 2 aromatic rings. The topological polar surface area (TPSA) is 86.8 Å². The van der Waals surface area contributed by atoms with Crippen LogP contribution in [0.5, 0.6) is 0 Å². The van der Waals surface area contributed by atoms with Gasteiger partial charge >= 0.3 is 6.18 Å². The predicted molar refractivity (Wildman–Crippen MR) is 147 cm³/mol. The average molecular weight is 570 g/mol. The molecule has 0 aliphatic rings. The summed E-state index contributed by atoms with van der Waals surface area (Å²) in [5.41, 5.74) is 0.766. The standard InChI is InChI=1S/C28H38F3N3O4S/c1-5-7-16-32-27(36)25(6-2)33(20-22-12-8-11-21(3)18-22)26(35)15-10-17-34(39(4,37)38)24-14-9-13-23(19-24)28(29,30)31/h8-9,11-14,18-19,25H,5-7,10,15-17,20H2,1-4H3,(H,32,36)/t25-/m0/s1. The molecule has 2 rings (SSSR count). The van der Waals surface area contributed by atoms with E-state index < -0.39 is 27.8 Å². The Kier molecular flexibility index (Phi) is 11.8. The highest BCUT2D eigenvalue weighted by molar-refractivity contribution is 7.92. The Bertz CT molecular complexity index is 1220. The normalized spacial score (nSPS) is 12.6. The van der Waals surface area contributed by atoms with Crippen LogP contribution in [0.1, 0.15) is 62.6 Å². The van der Waals surface area contributed by atoms with E-state index in [-0.39, 0.29) is 43.4 Å². The number of nitrogens with one attached hydrogen (secondary N) is 1. The number of hydrogen-bond acceptors (Lipinski definition) is 4. The summed E-state index contributed by atoms with van der Waals surface area (Å²) in [5.74, 6) is -0.597. The molecule has 0 saturated carbocycles. The van der Waals surface area contributed by atoms with Gasteiger partial charge in [0, 0.05) is 26.1 Å². The third-order valence-corrected chi connectivity index (χ3v) is 7.46. The number of rotatable bonds is 14. The summed E-state index contributed by atoms with van der Waals surface area (Å²) in [4.78, 5) is 27.9. The number of nitrogens with zero attached hydrogens (tertiary/aromatic N) is 2. The molecule has 0 aromatic heterocycles. The van der Waals surface area contributed by atoms with Crippen molar-refractivity contribution in [2.45, 2.75) is 71.6 Å². The lowest BCUT2D eigenvalue weighted by Gasteiger charge is -2.31. The zero-order valence-corrected chi connectivity index (χ0v) is 23.7. The van der Waals surface area contributed by atoms with Crippen LogP contribution in [0, 0.1) is 6.92 Å². The Hall–Kier alpha value is -3.08. The number of carbonyl (C=O) groups excluding carboxylic acids is 2. The van der Waals surface area contributed by atoms with Gasteiger partial charge in [-0.25, -0.2) is 8.42 Å². The van der Waals surface area contributed by atoms with E-state index in [0.717, 1.165) is 52.7 Å². The number of alkyl halides is 3. The summed E-state index contributed by atoms with van der Waals surface area (Å²) in [6, 6.07) is 11.0. The molecule has 1 atom stereocenters. The number of unbranched alkanes of at least 4 members (excludes halogenated alkanes) is 1. The van der Waals surface area contributed by atoms with Gasteiger partial charge in [-0.15, -0.1) is 0 Å². The fourth-order valence-corrected chi connectivity index (χ4v) is 5.23. The number of sulfonamides is 1. The van der Waals surface area contributed by atoms with Gasteiger partial charge in [0.25, 0.3) is 0 Å². The number of amides is 2. The SMILES string of the molecule is CCCCNC(=O)[C@H](CC)N(Cc1cccc(C)c1)C(=O)CCCN(c1cccc(C(F)(F)F)c1)S(C)(=O)=O. The molecule has 39 heavy (non-hydrogen) atoms. The van der Waals surface area contributed by atoms with Crippen molar-refractivity contribution >= 4 is 27.5 Å². The molecule has 2 aromatic carbocycles. The van der Waals surface area contributed by atoms with Crippen molar-refractivity contribution in [1.29, 1.82) is 0 Å². The lowest BCUT2D eigenvalue weighted by Crippen LogP contribution is -2.49. The minimum Gasteiger partial charge on any atom is -0.354 e. The molecule has 0 spiro atoms. The largest absolute Gasteiger partial charge is 0.416 e. The van der Waals surface area contributed by atoms with Gasteiger partial charge in [0.15, 0.2) is 0 Å². The van der Waals surface area contributed by atoms with E-state index in [0.29, 0.717) is 13.0 Å². The van der Waals surface area contributed by atoms with Gasteiger partial charge in [-0.2, -0.15) is 13.2 Å². The highest BCUT2D eigenvalue weighted by Gasteiger charge is 2.32. The number of carbonyl (C=O) groups is 2. The zero-order chi connectivity index (χ0) is 29.2. The van der Waals surface area contributed by atoms with E-state index in [1.165, 1.54) is 11.0 Å². The molecule has 1 N–H and O–H groups in total. The fourth-order valence-electron chi connectivity index (χ4n) is 4.27. The van der Waals surface area contributed by atoms with Crippen LogP contribution >= 0.6 is 0 Å². The molecule has 0 aliphatic carbocycles. The van der Waals surface area contributed by atoms with Gasteiger partial charge in [-0.3, -0.25) is 13.9 Å². The van der Waals surface area contributed by atoms with Gasteiger partial charge in [0.2, 0.25) is 21.8 Å². The van der Waals surface area contributed by atoms with E-state index in [4.69, 9.17) is 0 Å². The minimum atomic E-state index is -4.63. The first-order valence-electron chi connectivity index (χ1n) is 13.1. The lowest BCUT2D eigenvalue weighted by atomic mass is 10.1. The molecule has 7 nitrogen and oxygen atoms in total. The summed E-state index contributed by atoms with van der Waals surface area (Å²) in [6.07, 6.45) is -1.65. The van der Waals surface area contributed by atoms with Crippen molar-refractivity contribution in [2.75, 3.05) is 23.7 Å². The van der Waals surface area contributed by atoms with E-state index in [1.54, 1.807) is 0 Å². The molecule has 0 unspecified atom stereocenters. The Morgan fingerprint density at radius 1 is 1.03 bits per heavy atom. The van der Waals surface area contributed by atoms with Crippen LogP contribution in [0.3, 0.4) is 0 Å². The van der Waals surface area contributed by atoms with Crippen molar-refractivity contribution in [2.24, 2.45) is 0 Å². The maximum atomic E-state index is 13.4. The van der Waals surface area contributed by atoms with Gasteiger partial charge in [0.05, 0.1) is 17.5 Å². The Morgan fingerprint density at radius 2 is 1.72 bits per heavy atom.